The Balaban J connectivity index is 1.89. The summed E-state index contributed by atoms with van der Waals surface area (Å²) in [5.74, 6) is 6.04. The van der Waals surface area contributed by atoms with Crippen LogP contribution in [0, 0.1) is 26.7 Å². The van der Waals surface area contributed by atoms with E-state index < -0.39 is 17.6 Å². The molecule has 0 saturated carbocycles. The van der Waals surface area contributed by atoms with Gasteiger partial charge in [-0.15, -0.1) is 0 Å². The van der Waals surface area contributed by atoms with Crippen molar-refractivity contribution >= 4 is 23.0 Å². The van der Waals surface area contributed by atoms with E-state index in [1.54, 1.807) is 42.2 Å². The number of carbonyl (C=O) groups is 1. The van der Waals surface area contributed by atoms with E-state index >= 15 is 0 Å². The van der Waals surface area contributed by atoms with E-state index in [2.05, 4.69) is 15.7 Å². The Hall–Kier alpha value is -3.83. The number of carbonyl (C=O) groups excluding carboxylic acids is 1. The fraction of sp³-hybridized carbons (Fsp3) is 0.357. The second kappa shape index (κ2) is 11.9. The molecule has 0 atom stereocenters. The summed E-state index contributed by atoms with van der Waals surface area (Å²) in [6, 6.07) is 7.39. The van der Waals surface area contributed by atoms with Crippen LogP contribution in [0.15, 0.2) is 42.7 Å². The first kappa shape index (κ1) is 29.7. The number of nitrogens with one attached hydrogen (secondary N) is 2. The Bertz CT molecular complexity index is 1380. The van der Waals surface area contributed by atoms with Crippen LogP contribution in [0.2, 0.25) is 0 Å². The molecule has 1 heterocycles. The topological polar surface area (TPSA) is 114 Å². The molecule has 1 aromatic heterocycles. The van der Waals surface area contributed by atoms with Gasteiger partial charge < -0.3 is 16.4 Å². The van der Waals surface area contributed by atoms with Gasteiger partial charge in [0, 0.05) is 42.3 Å². The lowest BCUT2D eigenvalue weighted by molar-refractivity contribution is -0.138. The monoisotopic (exact) mass is 543 g/mol. The van der Waals surface area contributed by atoms with E-state index in [1.807, 2.05) is 27.7 Å². The number of halogens is 3. The molecule has 0 aliphatic heterocycles. The predicted octanol–water partition coefficient (Wildman–Crippen LogP) is 5.00. The molecular weight excluding hydrogens is 507 g/mol. The fourth-order valence-corrected chi connectivity index (χ4v) is 4.12. The molecule has 1 amide bonds. The Kier molecular flexibility index (Phi) is 9.08. The average molecular weight is 544 g/mol. The third kappa shape index (κ3) is 7.18. The Morgan fingerprint density at radius 1 is 1.18 bits per heavy atom. The number of amides is 1. The zero-order valence-electron chi connectivity index (χ0n) is 23.1. The van der Waals surface area contributed by atoms with Crippen molar-refractivity contribution in [1.82, 2.24) is 15.1 Å². The van der Waals surface area contributed by atoms with E-state index in [0.717, 1.165) is 22.9 Å². The normalized spacial score (nSPS) is 12.2. The fourth-order valence-electron chi connectivity index (χ4n) is 4.12. The highest BCUT2D eigenvalue weighted by molar-refractivity contribution is 6.05. The number of rotatable bonds is 9. The molecule has 6 N–H and O–H groups in total. The van der Waals surface area contributed by atoms with E-state index in [-0.39, 0.29) is 23.4 Å². The number of hydrogen-bond donors (Lipinski definition) is 4. The summed E-state index contributed by atoms with van der Waals surface area (Å²) < 4.78 is 43.0. The van der Waals surface area contributed by atoms with Crippen molar-refractivity contribution in [3.8, 4) is 0 Å². The molecule has 0 aliphatic rings. The molecule has 39 heavy (non-hydrogen) atoms. The molecule has 0 unspecified atom stereocenters. The lowest BCUT2D eigenvalue weighted by atomic mass is 10.00. The average Bonchev–Trinajstić information content (AvgIpc) is 3.18. The number of aromatic nitrogens is 2. The summed E-state index contributed by atoms with van der Waals surface area (Å²) in [7, 11) is 1.80. The number of nitrogens with two attached hydrogens (primary N) is 2. The molecule has 0 bridgehead atoms. The zero-order valence-corrected chi connectivity index (χ0v) is 23.1. The summed E-state index contributed by atoms with van der Waals surface area (Å²) in [5, 5.41) is 11.3. The molecule has 8 nitrogen and oxygen atoms in total. The minimum Gasteiger partial charge on any atom is -0.397 e. The van der Waals surface area contributed by atoms with E-state index in [0.29, 0.717) is 29.4 Å². The highest BCUT2D eigenvalue weighted by Crippen LogP contribution is 2.35. The van der Waals surface area contributed by atoms with Gasteiger partial charge in [0.05, 0.1) is 23.1 Å². The van der Waals surface area contributed by atoms with Gasteiger partial charge in [0.1, 0.15) is 0 Å². The van der Waals surface area contributed by atoms with Gasteiger partial charge in [0.15, 0.2) is 0 Å². The van der Waals surface area contributed by atoms with E-state index in [9.17, 15) is 18.0 Å². The van der Waals surface area contributed by atoms with Gasteiger partial charge in [0.2, 0.25) is 0 Å². The number of hydrazine groups is 1. The van der Waals surface area contributed by atoms with Gasteiger partial charge in [-0.05, 0) is 74.2 Å². The first-order chi connectivity index (χ1) is 18.2. The van der Waals surface area contributed by atoms with E-state index in [1.165, 1.54) is 18.1 Å². The third-order valence-electron chi connectivity index (χ3n) is 6.52. The number of aryl methyl sites for hydroxylation is 2. The summed E-state index contributed by atoms with van der Waals surface area (Å²) in [4.78, 5) is 13.1. The Morgan fingerprint density at radius 2 is 1.87 bits per heavy atom. The van der Waals surface area contributed by atoms with Gasteiger partial charge in [-0.1, -0.05) is 19.9 Å². The molecule has 210 valence electrons. The summed E-state index contributed by atoms with van der Waals surface area (Å²) in [5.41, 5.74) is 9.56. The van der Waals surface area contributed by atoms with Crippen LogP contribution in [0.1, 0.15) is 57.7 Å². The van der Waals surface area contributed by atoms with Crippen LogP contribution in [0.3, 0.4) is 0 Å². The molecule has 0 radical (unpaired) electrons. The second-order valence-electron chi connectivity index (χ2n) is 10.0. The van der Waals surface area contributed by atoms with Crippen molar-refractivity contribution in [2.24, 2.45) is 24.5 Å². The standard InChI is InChI=1S/C28H36F3N7O/c1-16(2)12-34-13-21-9-22(11-24(18(21)4)28(29,30)31)36-27(39)20-8-7-17(3)26(10-20)38(33)15-25(32)23-14-35-37(6)19(23)5/h7-11,14-16,34H,12-13,32-33H2,1-6H3,(H,36,39)/b25-15-. The van der Waals surface area contributed by atoms with Crippen LogP contribution in [-0.2, 0) is 19.8 Å². The number of alkyl halides is 3. The molecule has 0 saturated heterocycles. The Morgan fingerprint density at radius 3 is 2.46 bits per heavy atom. The first-order valence-corrected chi connectivity index (χ1v) is 12.5. The van der Waals surface area contributed by atoms with Gasteiger partial charge in [-0.2, -0.15) is 18.3 Å². The minimum absolute atomic E-state index is 0.0576. The van der Waals surface area contributed by atoms with Crippen LogP contribution in [0.5, 0.6) is 0 Å². The number of nitrogens with zero attached hydrogens (tertiary/aromatic N) is 3. The van der Waals surface area contributed by atoms with Gasteiger partial charge in [-0.25, -0.2) is 5.84 Å². The van der Waals surface area contributed by atoms with Gasteiger partial charge in [-0.3, -0.25) is 14.5 Å². The molecular formula is C28H36F3N7O. The van der Waals surface area contributed by atoms with Crippen LogP contribution >= 0.6 is 0 Å². The van der Waals surface area contributed by atoms with E-state index in [4.69, 9.17) is 11.6 Å². The lowest BCUT2D eigenvalue weighted by Gasteiger charge is -2.20. The molecule has 3 rings (SSSR count). The maximum Gasteiger partial charge on any atom is 0.416 e. The molecule has 0 aliphatic carbocycles. The molecule has 2 aromatic carbocycles. The first-order valence-electron chi connectivity index (χ1n) is 12.5. The smallest absolute Gasteiger partial charge is 0.397 e. The SMILES string of the molecule is Cc1ccc(C(=O)Nc2cc(CNCC(C)C)c(C)c(C(F)(F)F)c2)cc1N(N)/C=C(\N)c1cnn(C)c1C. The van der Waals surface area contributed by atoms with Crippen LogP contribution in [-0.4, -0.2) is 22.2 Å². The van der Waals surface area contributed by atoms with Crippen molar-refractivity contribution in [2.45, 2.75) is 47.3 Å². The quantitative estimate of drug-likeness (QED) is 0.223. The minimum atomic E-state index is -4.56. The summed E-state index contributed by atoms with van der Waals surface area (Å²) in [6.45, 7) is 10.1. The predicted molar refractivity (Wildman–Crippen MR) is 149 cm³/mol. The zero-order chi connectivity index (χ0) is 29.1. The molecule has 0 fully saturated rings. The van der Waals surface area contributed by atoms with Crippen molar-refractivity contribution in [3.63, 3.8) is 0 Å². The molecule has 3 aromatic rings. The van der Waals surface area contributed by atoms with Crippen LogP contribution < -0.4 is 27.2 Å². The van der Waals surface area contributed by atoms with Crippen LogP contribution in [0.25, 0.3) is 5.70 Å². The highest BCUT2D eigenvalue weighted by atomic mass is 19.4. The molecule has 0 spiro atoms. The maximum atomic E-state index is 13.8. The largest absolute Gasteiger partial charge is 0.416 e. The van der Waals surface area contributed by atoms with Crippen molar-refractivity contribution < 1.29 is 18.0 Å². The van der Waals surface area contributed by atoms with Gasteiger partial charge >= 0.3 is 6.18 Å². The highest BCUT2D eigenvalue weighted by Gasteiger charge is 2.34. The number of anilines is 2. The van der Waals surface area contributed by atoms with Crippen LogP contribution in [0.4, 0.5) is 24.5 Å². The maximum absolute atomic E-state index is 13.8. The van der Waals surface area contributed by atoms with Crippen molar-refractivity contribution in [1.29, 1.82) is 0 Å². The van der Waals surface area contributed by atoms with Crippen molar-refractivity contribution in [3.05, 3.63) is 81.8 Å². The third-order valence-corrected chi connectivity index (χ3v) is 6.52. The van der Waals surface area contributed by atoms with Crippen molar-refractivity contribution in [2.75, 3.05) is 16.9 Å². The molecule has 11 heteroatoms. The second-order valence-corrected chi connectivity index (χ2v) is 10.0. The number of benzene rings is 2. The summed E-state index contributed by atoms with van der Waals surface area (Å²) in [6.07, 6.45) is -1.40. The van der Waals surface area contributed by atoms with Gasteiger partial charge in [0.25, 0.3) is 5.91 Å². The lowest BCUT2D eigenvalue weighted by Crippen LogP contribution is -2.27. The Labute approximate surface area is 226 Å². The summed E-state index contributed by atoms with van der Waals surface area (Å²) >= 11 is 0. The number of hydrogen-bond acceptors (Lipinski definition) is 6.